The number of hydrogen-bond donors (Lipinski definition) is 4. The summed E-state index contributed by atoms with van der Waals surface area (Å²) >= 11 is 0. The van der Waals surface area contributed by atoms with Crippen LogP contribution >= 0.6 is 0 Å². The molecular formula is C23H27N3O8S. The van der Waals surface area contributed by atoms with Gasteiger partial charge in [0.2, 0.25) is 10.0 Å². The van der Waals surface area contributed by atoms with Gasteiger partial charge in [0.25, 0.3) is 0 Å². The van der Waals surface area contributed by atoms with E-state index in [-0.39, 0.29) is 36.5 Å². The molecule has 0 bridgehead atoms. The number of nitrogens with one attached hydrogen (secondary N) is 2. The molecule has 4 N–H and O–H groups in total. The van der Waals surface area contributed by atoms with Gasteiger partial charge in [0.05, 0.1) is 18.0 Å². The fraction of sp³-hybridized carbons (Fsp3) is 0.304. The molecule has 0 fully saturated rings. The number of amides is 1. The number of hydrogen-bond acceptors (Lipinski definition) is 8. The smallest absolute Gasteiger partial charge is 0.423 e. The zero-order valence-corrected chi connectivity index (χ0v) is 20.0. The van der Waals surface area contributed by atoms with Gasteiger partial charge in [-0.05, 0) is 68.3 Å². The number of carbonyl (C=O) groups excluding carboxylic acids is 1. The minimum atomic E-state index is -4.11. The summed E-state index contributed by atoms with van der Waals surface area (Å²) in [7, 11) is -2.64. The van der Waals surface area contributed by atoms with E-state index >= 15 is 0 Å². The van der Waals surface area contributed by atoms with Gasteiger partial charge in [-0.1, -0.05) is 5.92 Å². The average Bonchev–Trinajstić information content (AvgIpc) is 2.85. The van der Waals surface area contributed by atoms with Gasteiger partial charge in [0.1, 0.15) is 18.1 Å². The van der Waals surface area contributed by atoms with E-state index in [9.17, 15) is 18.0 Å². The van der Waals surface area contributed by atoms with E-state index in [0.717, 1.165) is 0 Å². The Hall–Kier alpha value is -3.63. The minimum Gasteiger partial charge on any atom is -0.497 e. The van der Waals surface area contributed by atoms with Crippen LogP contribution in [0.1, 0.15) is 30.1 Å². The molecule has 1 atom stereocenters. The predicted molar refractivity (Wildman–Crippen MR) is 126 cm³/mol. The molecule has 0 aromatic heterocycles. The van der Waals surface area contributed by atoms with Crippen LogP contribution in [0.3, 0.4) is 0 Å². The normalized spacial score (nSPS) is 11.6. The summed E-state index contributed by atoms with van der Waals surface area (Å²) in [5.41, 5.74) is 1.77. The van der Waals surface area contributed by atoms with Crippen LogP contribution in [0.15, 0.2) is 53.4 Å². The molecule has 188 valence electrons. The highest BCUT2D eigenvalue weighted by atomic mass is 32.2. The van der Waals surface area contributed by atoms with Gasteiger partial charge in [0, 0.05) is 12.1 Å². The van der Waals surface area contributed by atoms with Crippen LogP contribution in [0, 0.1) is 11.8 Å². The molecule has 0 spiro atoms. The van der Waals surface area contributed by atoms with Gasteiger partial charge in [-0.15, -0.1) is 11.5 Å². The van der Waals surface area contributed by atoms with Crippen molar-refractivity contribution in [3.8, 4) is 23.3 Å². The maximum Gasteiger partial charge on any atom is 0.423 e. The molecule has 0 aliphatic rings. The molecule has 11 nitrogen and oxygen atoms in total. The zero-order chi connectivity index (χ0) is 25.8. The Labute approximate surface area is 203 Å². The monoisotopic (exact) mass is 505 g/mol. The lowest BCUT2D eigenvalue weighted by molar-refractivity contribution is -0.00860. The van der Waals surface area contributed by atoms with E-state index in [1.807, 2.05) is 0 Å². The van der Waals surface area contributed by atoms with E-state index in [4.69, 9.17) is 19.8 Å². The molecule has 0 saturated heterocycles. The quantitative estimate of drug-likeness (QED) is 0.182. The zero-order valence-electron chi connectivity index (χ0n) is 19.2. The van der Waals surface area contributed by atoms with Crippen LogP contribution in [0.25, 0.3) is 0 Å². The molecule has 0 unspecified atom stereocenters. The van der Waals surface area contributed by atoms with Gasteiger partial charge in [0.15, 0.2) is 5.78 Å². The van der Waals surface area contributed by atoms with Crippen molar-refractivity contribution in [1.29, 1.82) is 0 Å². The van der Waals surface area contributed by atoms with Crippen LogP contribution in [0.2, 0.25) is 0 Å². The summed E-state index contributed by atoms with van der Waals surface area (Å²) < 4.78 is 38.9. The molecule has 0 aliphatic carbocycles. The van der Waals surface area contributed by atoms with Crippen molar-refractivity contribution in [3.63, 3.8) is 0 Å². The summed E-state index contributed by atoms with van der Waals surface area (Å²) in [6, 6.07) is 10.6. The maximum absolute atomic E-state index is 13.1. The van der Waals surface area contributed by atoms with E-state index in [0.29, 0.717) is 16.5 Å². The van der Waals surface area contributed by atoms with E-state index in [1.165, 1.54) is 49.1 Å². The Morgan fingerprint density at radius 2 is 1.71 bits per heavy atom. The molecular weight excluding hydrogens is 478 g/mol. The van der Waals surface area contributed by atoms with Crippen molar-refractivity contribution < 1.29 is 37.8 Å². The standard InChI is InChI=1S/C23H27N3O8S/c1-3-4-16-34-19-11-13-20(14-12-19)35(31,32)24-21(6-5-15-26(25-30)23(28)29)22(27)17-7-9-18(33-2)10-8-17/h7-14,21,24-25,30H,5-6,15-16H2,1-2H3,(H,28,29)/t21-/m1/s1. The fourth-order valence-electron chi connectivity index (χ4n) is 3.00. The summed E-state index contributed by atoms with van der Waals surface area (Å²) in [6.45, 7) is 1.65. The SMILES string of the molecule is CC#CCOc1ccc(S(=O)(=O)N[C@H](CCCN(NO)C(=O)O)C(=O)c2ccc(OC)cc2)cc1. The largest absolute Gasteiger partial charge is 0.497 e. The molecule has 0 saturated carbocycles. The Morgan fingerprint density at radius 1 is 1.09 bits per heavy atom. The topological polar surface area (TPSA) is 154 Å². The highest BCUT2D eigenvalue weighted by Crippen LogP contribution is 2.19. The van der Waals surface area contributed by atoms with Gasteiger partial charge >= 0.3 is 6.09 Å². The summed E-state index contributed by atoms with van der Waals surface area (Å²) in [5.74, 6) is 5.87. The number of nitrogens with zero attached hydrogens (tertiary/aromatic N) is 1. The van der Waals surface area contributed by atoms with Crippen molar-refractivity contribution >= 4 is 21.9 Å². The lowest BCUT2D eigenvalue weighted by Gasteiger charge is -2.20. The molecule has 2 aromatic rings. The number of Topliss-reactive ketones (excluding diaryl/α,β-unsaturated/α-hetero) is 1. The first-order valence-electron chi connectivity index (χ1n) is 10.4. The van der Waals surface area contributed by atoms with Gasteiger partial charge in [-0.3, -0.25) is 10.0 Å². The van der Waals surface area contributed by atoms with Crippen molar-refractivity contribution in [3.05, 3.63) is 54.1 Å². The number of sulfonamides is 1. The third kappa shape index (κ3) is 8.27. The Bertz CT molecular complexity index is 1160. The van der Waals surface area contributed by atoms with E-state index in [2.05, 4.69) is 16.6 Å². The first kappa shape index (κ1) is 27.6. The first-order valence-corrected chi connectivity index (χ1v) is 11.9. The van der Waals surface area contributed by atoms with Crippen LogP contribution in [0.4, 0.5) is 4.79 Å². The van der Waals surface area contributed by atoms with E-state index in [1.54, 1.807) is 19.1 Å². The summed E-state index contributed by atoms with van der Waals surface area (Å²) in [4.78, 5) is 24.1. The van der Waals surface area contributed by atoms with Gasteiger partial charge in [-0.2, -0.15) is 0 Å². The predicted octanol–water partition coefficient (Wildman–Crippen LogP) is 2.28. The van der Waals surface area contributed by atoms with Gasteiger partial charge in [-0.25, -0.2) is 22.9 Å². The summed E-state index contributed by atoms with van der Waals surface area (Å²) in [6.07, 6.45) is -1.40. The molecule has 0 radical (unpaired) electrons. The molecule has 1 amide bonds. The fourth-order valence-corrected chi connectivity index (χ4v) is 4.23. The number of rotatable bonds is 13. The van der Waals surface area contributed by atoms with Crippen LogP contribution in [0.5, 0.6) is 11.5 Å². The minimum absolute atomic E-state index is 0.0353. The second kappa shape index (κ2) is 13.3. The second-order valence-corrected chi connectivity index (χ2v) is 8.84. The van der Waals surface area contributed by atoms with Crippen molar-refractivity contribution in [2.24, 2.45) is 0 Å². The molecule has 12 heteroatoms. The lowest BCUT2D eigenvalue weighted by Crippen LogP contribution is -2.43. The number of carboxylic acid groups (broad SMARTS) is 1. The molecule has 0 heterocycles. The Kier molecular flexibility index (Phi) is 10.5. The number of carbonyl (C=O) groups is 2. The van der Waals surface area contributed by atoms with Crippen molar-refractivity contribution in [2.45, 2.75) is 30.7 Å². The second-order valence-electron chi connectivity index (χ2n) is 7.13. The maximum atomic E-state index is 13.1. The number of methoxy groups -OCH3 is 1. The molecule has 2 aromatic carbocycles. The Balaban J connectivity index is 2.22. The number of ether oxygens (including phenoxy) is 2. The van der Waals surface area contributed by atoms with Crippen LogP contribution < -0.4 is 19.8 Å². The highest BCUT2D eigenvalue weighted by Gasteiger charge is 2.27. The lowest BCUT2D eigenvalue weighted by atomic mass is 10.0. The average molecular weight is 506 g/mol. The highest BCUT2D eigenvalue weighted by molar-refractivity contribution is 7.89. The Morgan fingerprint density at radius 3 is 2.26 bits per heavy atom. The summed E-state index contributed by atoms with van der Waals surface area (Å²) in [5, 5.41) is 18.4. The number of ketones is 1. The van der Waals surface area contributed by atoms with Gasteiger partial charge < -0.3 is 14.6 Å². The third-order valence-electron chi connectivity index (χ3n) is 4.84. The van der Waals surface area contributed by atoms with Crippen LogP contribution in [-0.2, 0) is 10.0 Å². The molecule has 35 heavy (non-hydrogen) atoms. The van der Waals surface area contributed by atoms with E-state index < -0.39 is 27.9 Å². The molecule has 2 rings (SSSR count). The first-order chi connectivity index (χ1) is 16.7. The van der Waals surface area contributed by atoms with Crippen molar-refractivity contribution in [2.75, 3.05) is 20.3 Å². The molecule has 0 aliphatic heterocycles. The number of benzene rings is 2. The van der Waals surface area contributed by atoms with Crippen molar-refractivity contribution in [1.82, 2.24) is 15.3 Å². The third-order valence-corrected chi connectivity index (χ3v) is 6.32. The van der Waals surface area contributed by atoms with Crippen LogP contribution in [-0.4, -0.2) is 61.9 Å². The number of hydrazine groups is 1.